The van der Waals surface area contributed by atoms with Gasteiger partial charge in [-0.2, -0.15) is 8.78 Å². The number of carbonyl (C=O) groups is 2. The average Bonchev–Trinajstić information content (AvgIpc) is 3.73. The second-order valence-electron chi connectivity index (χ2n) is 8.59. The average molecular weight is 567 g/mol. The predicted molar refractivity (Wildman–Crippen MR) is 134 cm³/mol. The van der Waals surface area contributed by atoms with Gasteiger partial charge in [0.2, 0.25) is 0 Å². The predicted octanol–water partition coefficient (Wildman–Crippen LogP) is 5.88. The zero-order valence-corrected chi connectivity index (χ0v) is 21.5. The number of benzene rings is 2. The number of hydrogen-bond acceptors (Lipinski definition) is 6. The van der Waals surface area contributed by atoms with E-state index in [1.165, 1.54) is 30.6 Å². The molecule has 0 bridgehead atoms. The van der Waals surface area contributed by atoms with E-state index in [-0.39, 0.29) is 23.5 Å². The second-order valence-corrected chi connectivity index (χ2v) is 9.41. The molecule has 200 valence electrons. The van der Waals surface area contributed by atoms with Crippen molar-refractivity contribution < 1.29 is 42.3 Å². The highest BCUT2D eigenvalue weighted by Crippen LogP contribution is 2.37. The van der Waals surface area contributed by atoms with E-state index in [1.54, 1.807) is 30.3 Å². The van der Waals surface area contributed by atoms with Crippen LogP contribution in [-0.2, 0) is 20.7 Å². The van der Waals surface area contributed by atoms with Gasteiger partial charge in [0.1, 0.15) is 16.1 Å². The van der Waals surface area contributed by atoms with E-state index in [2.05, 4.69) is 9.72 Å². The standard InChI is InChI=1S/C27H23Cl2F2NO6/c28-20-12-32-13-21(29)19(20)11-23(37-25(33)15-36-26(34)17-4-2-1-3-5-17)18-8-9-22(38-27(30)31)24(10-18)35-14-16-6-7-16/h1-5,8-10,12-13,16,23,27H,6-7,11,14-15H2/p+1/t23-/m0/s1. The lowest BCUT2D eigenvalue weighted by molar-refractivity contribution is -0.377. The Morgan fingerprint density at radius 2 is 1.71 bits per heavy atom. The lowest BCUT2D eigenvalue weighted by Gasteiger charge is -2.21. The highest BCUT2D eigenvalue weighted by atomic mass is 35.5. The summed E-state index contributed by atoms with van der Waals surface area (Å²) in [6, 6.07) is 12.5. The maximum Gasteiger partial charge on any atom is 0.387 e. The first kappa shape index (κ1) is 27.6. The van der Waals surface area contributed by atoms with Crippen LogP contribution in [0.25, 0.3) is 0 Å². The summed E-state index contributed by atoms with van der Waals surface area (Å²) < 4.78 is 47.1. The number of aromatic amines is 1. The van der Waals surface area contributed by atoms with Gasteiger partial charge in [0, 0.05) is 12.0 Å². The number of hydrogen-bond donors (Lipinski definition) is 0. The quantitative estimate of drug-likeness (QED) is 0.254. The molecule has 2 aromatic carbocycles. The molecule has 1 N–H and O–H groups in total. The van der Waals surface area contributed by atoms with E-state index >= 15 is 0 Å². The van der Waals surface area contributed by atoms with Crippen molar-refractivity contribution >= 4 is 35.1 Å². The van der Waals surface area contributed by atoms with Gasteiger partial charge in [-0.05, 0) is 48.6 Å². The summed E-state index contributed by atoms with van der Waals surface area (Å²) in [4.78, 5) is 27.7. The zero-order valence-electron chi connectivity index (χ0n) is 20.0. The summed E-state index contributed by atoms with van der Waals surface area (Å²) in [7, 11) is 0. The first-order chi connectivity index (χ1) is 18.3. The number of aromatic nitrogens is 1. The molecule has 3 aromatic rings. The molecule has 38 heavy (non-hydrogen) atoms. The molecule has 1 saturated carbocycles. The van der Waals surface area contributed by atoms with E-state index in [0.717, 1.165) is 12.8 Å². The number of esters is 2. The molecule has 1 fully saturated rings. The number of rotatable bonds is 12. The molecule has 1 heterocycles. The molecule has 1 atom stereocenters. The summed E-state index contributed by atoms with van der Waals surface area (Å²) in [5.41, 5.74) is 1.18. The first-order valence-corrected chi connectivity index (χ1v) is 12.5. The van der Waals surface area contributed by atoms with Crippen LogP contribution in [0.15, 0.2) is 60.9 Å². The van der Waals surface area contributed by atoms with Crippen molar-refractivity contribution in [2.45, 2.75) is 32.0 Å². The van der Waals surface area contributed by atoms with Crippen LogP contribution >= 0.6 is 23.2 Å². The number of halogens is 4. The fraction of sp³-hybridized carbons (Fsp3) is 0.296. The fourth-order valence-electron chi connectivity index (χ4n) is 3.58. The van der Waals surface area contributed by atoms with Crippen molar-refractivity contribution in [2.24, 2.45) is 5.92 Å². The zero-order chi connectivity index (χ0) is 27.1. The topological polar surface area (TPSA) is 85.2 Å². The van der Waals surface area contributed by atoms with Gasteiger partial charge < -0.3 is 18.9 Å². The fourth-order valence-corrected chi connectivity index (χ4v) is 4.11. The van der Waals surface area contributed by atoms with Crippen molar-refractivity contribution in [2.75, 3.05) is 13.2 Å². The summed E-state index contributed by atoms with van der Waals surface area (Å²) in [6.45, 7) is -3.35. The Hall–Kier alpha value is -3.43. The third kappa shape index (κ3) is 7.79. The summed E-state index contributed by atoms with van der Waals surface area (Å²) in [6.07, 6.45) is 4.10. The molecular weight excluding hydrogens is 543 g/mol. The Bertz CT molecular complexity index is 1250. The number of alkyl halides is 2. The molecule has 11 heteroatoms. The van der Waals surface area contributed by atoms with Crippen molar-refractivity contribution in [1.29, 1.82) is 0 Å². The summed E-state index contributed by atoms with van der Waals surface area (Å²) in [5, 5.41) is 0.605. The molecular formula is C27H24Cl2F2NO6+. The smallest absolute Gasteiger partial charge is 0.387 e. The molecule has 1 aliphatic rings. The van der Waals surface area contributed by atoms with Gasteiger partial charge in [-0.3, -0.25) is 0 Å². The highest BCUT2D eigenvalue weighted by Gasteiger charge is 2.26. The molecule has 0 radical (unpaired) electrons. The van der Waals surface area contributed by atoms with E-state index in [4.69, 9.17) is 37.4 Å². The molecule has 0 aliphatic heterocycles. The van der Waals surface area contributed by atoms with Gasteiger partial charge in [-0.25, -0.2) is 14.6 Å². The van der Waals surface area contributed by atoms with E-state index in [0.29, 0.717) is 33.7 Å². The van der Waals surface area contributed by atoms with Crippen LogP contribution < -0.4 is 14.5 Å². The normalized spacial score (nSPS) is 13.6. The SMILES string of the molecule is O=C(COC(=O)c1ccccc1)O[C@@H](Cc1c(Cl)c[nH+]cc1Cl)c1ccc(OC(F)F)c(OCC2CC2)c1. The monoisotopic (exact) mass is 566 g/mol. The highest BCUT2D eigenvalue weighted by molar-refractivity contribution is 6.35. The van der Waals surface area contributed by atoms with Gasteiger partial charge >= 0.3 is 18.6 Å². The molecule has 0 unspecified atom stereocenters. The van der Waals surface area contributed by atoms with Crippen LogP contribution in [-0.4, -0.2) is 31.8 Å². The second kappa shape index (κ2) is 12.9. The van der Waals surface area contributed by atoms with Crippen LogP contribution in [0.5, 0.6) is 11.5 Å². The van der Waals surface area contributed by atoms with Gasteiger partial charge in [-0.1, -0.05) is 47.5 Å². The van der Waals surface area contributed by atoms with Gasteiger partial charge in [-0.15, -0.1) is 0 Å². The van der Waals surface area contributed by atoms with Gasteiger partial charge in [0.25, 0.3) is 0 Å². The number of ether oxygens (including phenoxy) is 4. The van der Waals surface area contributed by atoms with Crippen molar-refractivity contribution in [3.8, 4) is 11.5 Å². The Balaban J connectivity index is 1.56. The minimum absolute atomic E-state index is 0.0435. The molecule has 0 amide bonds. The van der Waals surface area contributed by atoms with Gasteiger partial charge in [0.15, 0.2) is 30.5 Å². The molecule has 1 aliphatic carbocycles. The van der Waals surface area contributed by atoms with Crippen LogP contribution in [0.1, 0.15) is 40.4 Å². The lowest BCUT2D eigenvalue weighted by atomic mass is 10.0. The maximum atomic E-state index is 13.0. The number of nitrogens with one attached hydrogen (secondary N) is 1. The van der Waals surface area contributed by atoms with Crippen molar-refractivity contribution in [1.82, 2.24) is 0 Å². The van der Waals surface area contributed by atoms with Crippen LogP contribution in [0.4, 0.5) is 8.78 Å². The molecule has 0 saturated heterocycles. The van der Waals surface area contributed by atoms with E-state index in [9.17, 15) is 18.4 Å². The lowest BCUT2D eigenvalue weighted by Crippen LogP contribution is -2.21. The molecule has 1 aromatic heterocycles. The molecule has 7 nitrogen and oxygen atoms in total. The third-order valence-corrected chi connectivity index (χ3v) is 6.39. The Morgan fingerprint density at radius 3 is 2.37 bits per heavy atom. The van der Waals surface area contributed by atoms with E-state index in [1.807, 2.05) is 0 Å². The van der Waals surface area contributed by atoms with Gasteiger partial charge in [0.05, 0.1) is 12.2 Å². The van der Waals surface area contributed by atoms with Crippen molar-refractivity contribution in [3.63, 3.8) is 0 Å². The Morgan fingerprint density at radius 1 is 1.00 bits per heavy atom. The summed E-state index contributed by atoms with van der Waals surface area (Å²) >= 11 is 12.6. The Kier molecular flexibility index (Phi) is 9.36. The number of H-pyrrole nitrogens is 1. The number of pyridine rings is 1. The Labute approximate surface area is 227 Å². The minimum Gasteiger partial charge on any atom is -0.489 e. The first-order valence-electron chi connectivity index (χ1n) is 11.8. The maximum absolute atomic E-state index is 13.0. The molecule has 4 rings (SSSR count). The van der Waals surface area contributed by atoms with Crippen LogP contribution in [0.3, 0.4) is 0 Å². The minimum atomic E-state index is -3.05. The number of carbonyl (C=O) groups excluding carboxylic acids is 2. The van der Waals surface area contributed by atoms with E-state index < -0.39 is 31.3 Å². The third-order valence-electron chi connectivity index (χ3n) is 5.72. The largest absolute Gasteiger partial charge is 0.489 e. The molecule has 0 spiro atoms. The van der Waals surface area contributed by atoms with Crippen LogP contribution in [0.2, 0.25) is 10.0 Å². The van der Waals surface area contributed by atoms with Crippen LogP contribution in [0, 0.1) is 5.92 Å². The van der Waals surface area contributed by atoms with Crippen molar-refractivity contribution in [3.05, 3.63) is 87.7 Å². The summed E-state index contributed by atoms with van der Waals surface area (Å²) in [5.74, 6) is -1.22.